The SMILES string of the molecule is CC(C)OCCN(C)S(=O)(=O)c1ccc(Br)cc1Cl. The molecular formula is C12H17BrClNO3S. The van der Waals surface area contributed by atoms with Crippen LogP contribution in [-0.2, 0) is 14.8 Å². The van der Waals surface area contributed by atoms with Crippen LogP contribution in [0.2, 0.25) is 5.02 Å². The predicted octanol–water partition coefficient (Wildman–Crippen LogP) is 3.15. The van der Waals surface area contributed by atoms with E-state index >= 15 is 0 Å². The first-order valence-corrected chi connectivity index (χ1v) is 8.39. The Morgan fingerprint density at radius 3 is 2.58 bits per heavy atom. The van der Waals surface area contributed by atoms with Crippen LogP contribution in [0.5, 0.6) is 0 Å². The third-order valence-corrected chi connectivity index (χ3v) is 5.27. The van der Waals surface area contributed by atoms with Crippen molar-refractivity contribution >= 4 is 37.6 Å². The van der Waals surface area contributed by atoms with Crippen molar-refractivity contribution in [2.75, 3.05) is 20.2 Å². The summed E-state index contributed by atoms with van der Waals surface area (Å²) in [6.07, 6.45) is 0.0763. The lowest BCUT2D eigenvalue weighted by atomic mass is 10.4. The van der Waals surface area contributed by atoms with Crippen molar-refractivity contribution in [3.05, 3.63) is 27.7 Å². The Labute approximate surface area is 127 Å². The maximum absolute atomic E-state index is 12.3. The summed E-state index contributed by atoms with van der Waals surface area (Å²) in [4.78, 5) is 0.101. The van der Waals surface area contributed by atoms with Crippen molar-refractivity contribution in [2.45, 2.75) is 24.8 Å². The van der Waals surface area contributed by atoms with Gasteiger partial charge in [0, 0.05) is 18.1 Å². The Hall–Kier alpha value is -0.140. The second kappa shape index (κ2) is 7.04. The van der Waals surface area contributed by atoms with Gasteiger partial charge >= 0.3 is 0 Å². The molecule has 0 amide bonds. The van der Waals surface area contributed by atoms with Crippen LogP contribution in [-0.4, -0.2) is 39.0 Å². The summed E-state index contributed by atoms with van der Waals surface area (Å²) in [5, 5.41) is 0.200. The summed E-state index contributed by atoms with van der Waals surface area (Å²) < 4.78 is 31.9. The lowest BCUT2D eigenvalue weighted by molar-refractivity contribution is 0.0737. The molecule has 0 saturated heterocycles. The first-order valence-electron chi connectivity index (χ1n) is 5.78. The van der Waals surface area contributed by atoms with Gasteiger partial charge in [0.25, 0.3) is 0 Å². The van der Waals surface area contributed by atoms with E-state index in [9.17, 15) is 8.42 Å². The van der Waals surface area contributed by atoms with E-state index in [1.807, 2.05) is 13.8 Å². The van der Waals surface area contributed by atoms with E-state index in [0.717, 1.165) is 4.47 Å². The molecule has 0 aliphatic rings. The maximum atomic E-state index is 12.3. The molecule has 19 heavy (non-hydrogen) atoms. The Kier molecular flexibility index (Phi) is 6.26. The minimum Gasteiger partial charge on any atom is -0.377 e. The van der Waals surface area contributed by atoms with Crippen LogP contribution >= 0.6 is 27.5 Å². The Morgan fingerprint density at radius 1 is 1.42 bits per heavy atom. The van der Waals surface area contributed by atoms with Crippen LogP contribution < -0.4 is 0 Å². The number of nitrogens with zero attached hydrogens (tertiary/aromatic N) is 1. The van der Waals surface area contributed by atoms with E-state index < -0.39 is 10.0 Å². The molecule has 0 aliphatic carbocycles. The lowest BCUT2D eigenvalue weighted by Gasteiger charge is -2.18. The number of rotatable bonds is 6. The molecule has 0 N–H and O–H groups in total. The fourth-order valence-corrected chi connectivity index (χ4v) is 3.55. The molecular weight excluding hydrogens is 354 g/mol. The van der Waals surface area contributed by atoms with E-state index in [4.69, 9.17) is 16.3 Å². The Balaban J connectivity index is 2.85. The van der Waals surface area contributed by atoms with Crippen molar-refractivity contribution in [3.8, 4) is 0 Å². The minimum atomic E-state index is -3.58. The van der Waals surface area contributed by atoms with Gasteiger partial charge in [-0.1, -0.05) is 27.5 Å². The molecule has 0 spiro atoms. The zero-order chi connectivity index (χ0) is 14.6. The largest absolute Gasteiger partial charge is 0.377 e. The van der Waals surface area contributed by atoms with E-state index in [0.29, 0.717) is 6.61 Å². The van der Waals surface area contributed by atoms with Gasteiger partial charge in [-0.15, -0.1) is 0 Å². The quantitative estimate of drug-likeness (QED) is 0.773. The van der Waals surface area contributed by atoms with Crippen LogP contribution in [0, 0.1) is 0 Å². The first kappa shape index (κ1) is 16.9. The number of halogens is 2. The summed E-state index contributed by atoms with van der Waals surface area (Å²) in [6, 6.07) is 4.70. The molecule has 0 saturated carbocycles. The van der Waals surface area contributed by atoms with Crippen molar-refractivity contribution in [1.29, 1.82) is 0 Å². The smallest absolute Gasteiger partial charge is 0.244 e. The molecule has 0 aromatic heterocycles. The van der Waals surface area contributed by atoms with E-state index in [2.05, 4.69) is 15.9 Å². The molecule has 0 radical (unpaired) electrons. The van der Waals surface area contributed by atoms with Crippen molar-refractivity contribution < 1.29 is 13.2 Å². The number of sulfonamides is 1. The highest BCUT2D eigenvalue weighted by Crippen LogP contribution is 2.27. The molecule has 0 bridgehead atoms. The standard InChI is InChI=1S/C12H17BrClNO3S/c1-9(2)18-7-6-15(3)19(16,17)12-5-4-10(13)8-11(12)14/h4-5,8-9H,6-7H2,1-3H3. The Morgan fingerprint density at radius 2 is 2.05 bits per heavy atom. The molecule has 0 fully saturated rings. The highest BCUT2D eigenvalue weighted by atomic mass is 79.9. The van der Waals surface area contributed by atoms with Crippen molar-refractivity contribution in [1.82, 2.24) is 4.31 Å². The summed E-state index contributed by atoms with van der Waals surface area (Å²) >= 11 is 9.22. The first-order chi connectivity index (χ1) is 8.75. The zero-order valence-electron chi connectivity index (χ0n) is 11.1. The van der Waals surface area contributed by atoms with Crippen LogP contribution in [0.25, 0.3) is 0 Å². The summed E-state index contributed by atoms with van der Waals surface area (Å²) in [6.45, 7) is 4.44. The van der Waals surface area contributed by atoms with Gasteiger partial charge in [0.15, 0.2) is 0 Å². The lowest BCUT2D eigenvalue weighted by Crippen LogP contribution is -2.31. The number of benzene rings is 1. The topological polar surface area (TPSA) is 46.6 Å². The van der Waals surface area contributed by atoms with Crippen LogP contribution in [0.1, 0.15) is 13.8 Å². The molecule has 0 atom stereocenters. The molecule has 0 heterocycles. The van der Waals surface area contributed by atoms with Crippen LogP contribution in [0.15, 0.2) is 27.6 Å². The van der Waals surface area contributed by atoms with Gasteiger partial charge in [0.1, 0.15) is 4.90 Å². The highest BCUT2D eigenvalue weighted by Gasteiger charge is 2.23. The van der Waals surface area contributed by atoms with Gasteiger partial charge in [0.05, 0.1) is 17.7 Å². The summed E-state index contributed by atoms with van der Waals surface area (Å²) in [5.74, 6) is 0. The fourth-order valence-electron chi connectivity index (χ4n) is 1.39. The molecule has 1 aromatic rings. The average molecular weight is 371 g/mol. The second-order valence-corrected chi connectivity index (χ2v) is 7.66. The predicted molar refractivity (Wildman–Crippen MR) is 80.1 cm³/mol. The summed E-state index contributed by atoms with van der Waals surface area (Å²) in [5.41, 5.74) is 0. The van der Waals surface area contributed by atoms with E-state index in [1.165, 1.54) is 17.4 Å². The average Bonchev–Trinajstić information content (AvgIpc) is 2.27. The molecule has 4 nitrogen and oxygen atoms in total. The molecule has 7 heteroatoms. The maximum Gasteiger partial charge on any atom is 0.244 e. The van der Waals surface area contributed by atoms with Crippen LogP contribution in [0.4, 0.5) is 0 Å². The van der Waals surface area contributed by atoms with E-state index in [-0.39, 0.29) is 22.6 Å². The van der Waals surface area contributed by atoms with Gasteiger partial charge in [-0.05, 0) is 32.0 Å². The zero-order valence-corrected chi connectivity index (χ0v) is 14.2. The van der Waals surface area contributed by atoms with Gasteiger partial charge in [-0.25, -0.2) is 8.42 Å². The summed E-state index contributed by atoms with van der Waals surface area (Å²) in [7, 11) is -2.07. The molecule has 0 aliphatic heterocycles. The van der Waals surface area contributed by atoms with E-state index in [1.54, 1.807) is 12.1 Å². The second-order valence-electron chi connectivity index (χ2n) is 4.32. The number of ether oxygens (including phenoxy) is 1. The molecule has 0 unspecified atom stereocenters. The fraction of sp³-hybridized carbons (Fsp3) is 0.500. The highest BCUT2D eigenvalue weighted by molar-refractivity contribution is 9.10. The van der Waals surface area contributed by atoms with Crippen molar-refractivity contribution in [2.24, 2.45) is 0 Å². The van der Waals surface area contributed by atoms with Crippen LogP contribution in [0.3, 0.4) is 0 Å². The number of hydrogen-bond donors (Lipinski definition) is 0. The molecule has 1 aromatic carbocycles. The van der Waals surface area contributed by atoms with Gasteiger partial charge in [0.2, 0.25) is 10.0 Å². The van der Waals surface area contributed by atoms with Gasteiger partial charge in [-0.3, -0.25) is 0 Å². The van der Waals surface area contributed by atoms with Crippen molar-refractivity contribution in [3.63, 3.8) is 0 Å². The molecule has 108 valence electrons. The number of likely N-dealkylation sites (N-methyl/N-ethyl adjacent to an activating group) is 1. The van der Waals surface area contributed by atoms with Gasteiger partial charge in [-0.2, -0.15) is 4.31 Å². The molecule has 1 rings (SSSR count). The minimum absolute atomic E-state index is 0.0763. The monoisotopic (exact) mass is 369 g/mol. The third-order valence-electron chi connectivity index (χ3n) is 2.44. The number of hydrogen-bond acceptors (Lipinski definition) is 3. The van der Waals surface area contributed by atoms with Gasteiger partial charge < -0.3 is 4.74 Å². The third kappa shape index (κ3) is 4.72. The normalized spacial score (nSPS) is 12.4. The Bertz CT molecular complexity index is 534.